The molecule has 0 bridgehead atoms. The summed E-state index contributed by atoms with van der Waals surface area (Å²) in [7, 11) is 0. The van der Waals surface area contributed by atoms with E-state index in [0.717, 1.165) is 5.56 Å². The van der Waals surface area contributed by atoms with Gasteiger partial charge in [-0.05, 0) is 31.2 Å². The second-order valence-electron chi connectivity index (χ2n) is 5.60. The van der Waals surface area contributed by atoms with Gasteiger partial charge in [0.25, 0.3) is 0 Å². The highest BCUT2D eigenvalue weighted by Crippen LogP contribution is 2.21. The number of aromatic nitrogens is 1. The van der Waals surface area contributed by atoms with E-state index >= 15 is 0 Å². The lowest BCUT2D eigenvalue weighted by molar-refractivity contribution is -0.118. The number of nitrogens with zero attached hydrogens (tertiary/aromatic N) is 2. The monoisotopic (exact) mass is 338 g/mol. The fraction of sp³-hybridized carbons (Fsp3) is 0.200. The summed E-state index contributed by atoms with van der Waals surface area (Å²) in [5.74, 6) is 0.852. The van der Waals surface area contributed by atoms with E-state index in [1.54, 1.807) is 23.2 Å². The molecule has 0 radical (unpaired) electrons. The largest absolute Gasteiger partial charge is 0.441 e. The number of aryl methyl sites for hydroxylation is 1. The highest BCUT2D eigenvalue weighted by Gasteiger charge is 2.15. The first-order valence-electron chi connectivity index (χ1n) is 8.23. The van der Waals surface area contributed by atoms with Gasteiger partial charge in [0.15, 0.2) is 11.7 Å². The van der Waals surface area contributed by atoms with Gasteiger partial charge in [-0.2, -0.15) is 0 Å². The van der Waals surface area contributed by atoms with Crippen LogP contribution in [0.5, 0.6) is 0 Å². The third-order valence-electron chi connectivity index (χ3n) is 3.92. The van der Waals surface area contributed by atoms with Gasteiger partial charge in [-0.1, -0.05) is 30.3 Å². The summed E-state index contributed by atoms with van der Waals surface area (Å²) in [6.07, 6.45) is 2.37. The molecule has 0 unspecified atom stereocenters. The van der Waals surface area contributed by atoms with E-state index in [0.29, 0.717) is 30.3 Å². The summed E-state index contributed by atoms with van der Waals surface area (Å²) < 4.78 is 18.8. The maximum atomic E-state index is 13.0. The van der Waals surface area contributed by atoms with Crippen LogP contribution in [0.1, 0.15) is 19.2 Å². The van der Waals surface area contributed by atoms with Crippen LogP contribution in [-0.2, 0) is 11.2 Å². The van der Waals surface area contributed by atoms with Crippen LogP contribution in [0.4, 0.5) is 10.1 Å². The number of carbonyl (C=O) groups is 1. The van der Waals surface area contributed by atoms with Crippen molar-refractivity contribution in [3.8, 4) is 11.3 Å². The highest BCUT2D eigenvalue weighted by molar-refractivity contribution is 5.93. The number of anilines is 1. The summed E-state index contributed by atoms with van der Waals surface area (Å²) in [5, 5.41) is 0. The number of halogens is 1. The third kappa shape index (κ3) is 4.12. The lowest BCUT2D eigenvalue weighted by Crippen LogP contribution is -2.30. The van der Waals surface area contributed by atoms with Gasteiger partial charge in [0, 0.05) is 30.6 Å². The minimum Gasteiger partial charge on any atom is -0.441 e. The molecular weight excluding hydrogens is 319 g/mol. The third-order valence-corrected chi connectivity index (χ3v) is 3.92. The molecule has 0 aliphatic carbocycles. The highest BCUT2D eigenvalue weighted by atomic mass is 19.1. The summed E-state index contributed by atoms with van der Waals surface area (Å²) in [6.45, 7) is 2.41. The molecule has 4 nitrogen and oxygen atoms in total. The van der Waals surface area contributed by atoms with E-state index in [1.165, 1.54) is 12.1 Å². The average Bonchev–Trinajstić information content (AvgIpc) is 3.12. The summed E-state index contributed by atoms with van der Waals surface area (Å²) in [6, 6.07) is 15.6. The zero-order valence-electron chi connectivity index (χ0n) is 14.0. The van der Waals surface area contributed by atoms with Crippen molar-refractivity contribution in [2.24, 2.45) is 0 Å². The van der Waals surface area contributed by atoms with Gasteiger partial charge in [-0.15, -0.1) is 0 Å². The van der Waals surface area contributed by atoms with Crippen molar-refractivity contribution in [3.05, 3.63) is 72.5 Å². The number of amides is 1. The van der Waals surface area contributed by atoms with Crippen LogP contribution in [0.25, 0.3) is 11.3 Å². The summed E-state index contributed by atoms with van der Waals surface area (Å²) in [5.41, 5.74) is 1.64. The standard InChI is InChI=1S/C20H19FN2O2/c1-2-23(17-10-8-16(21)9-11-17)20(24)13-12-19-22-14-18(25-19)15-6-4-3-5-7-15/h3-11,14H,2,12-13H2,1H3. The van der Waals surface area contributed by atoms with Gasteiger partial charge in [-0.25, -0.2) is 9.37 Å². The summed E-state index contributed by atoms with van der Waals surface area (Å²) in [4.78, 5) is 18.3. The maximum Gasteiger partial charge on any atom is 0.227 e. The molecule has 0 aliphatic rings. The predicted octanol–water partition coefficient (Wildman–Crippen LogP) is 4.47. The fourth-order valence-electron chi connectivity index (χ4n) is 2.63. The van der Waals surface area contributed by atoms with Crippen molar-refractivity contribution >= 4 is 11.6 Å². The fourth-order valence-corrected chi connectivity index (χ4v) is 2.63. The van der Waals surface area contributed by atoms with Crippen molar-refractivity contribution in [1.82, 2.24) is 4.98 Å². The molecule has 5 heteroatoms. The molecule has 3 rings (SSSR count). The Morgan fingerprint density at radius 3 is 2.52 bits per heavy atom. The molecule has 3 aromatic rings. The molecule has 0 spiro atoms. The molecule has 2 aromatic carbocycles. The Labute approximate surface area is 145 Å². The first kappa shape index (κ1) is 16.9. The van der Waals surface area contributed by atoms with Crippen molar-refractivity contribution in [1.29, 1.82) is 0 Å². The second-order valence-corrected chi connectivity index (χ2v) is 5.60. The zero-order chi connectivity index (χ0) is 17.6. The first-order valence-corrected chi connectivity index (χ1v) is 8.23. The lowest BCUT2D eigenvalue weighted by atomic mass is 10.2. The van der Waals surface area contributed by atoms with E-state index < -0.39 is 0 Å². The molecule has 0 saturated carbocycles. The molecule has 0 saturated heterocycles. The van der Waals surface area contributed by atoms with Crippen LogP contribution in [-0.4, -0.2) is 17.4 Å². The molecule has 1 amide bonds. The van der Waals surface area contributed by atoms with Gasteiger partial charge < -0.3 is 9.32 Å². The Bertz CT molecular complexity index is 828. The van der Waals surface area contributed by atoms with Crippen molar-refractivity contribution in [3.63, 3.8) is 0 Å². The van der Waals surface area contributed by atoms with Crippen LogP contribution in [0.15, 0.2) is 65.2 Å². The number of benzene rings is 2. The van der Waals surface area contributed by atoms with Crippen LogP contribution < -0.4 is 4.90 Å². The smallest absolute Gasteiger partial charge is 0.227 e. The summed E-state index contributed by atoms with van der Waals surface area (Å²) >= 11 is 0. The Hall–Kier alpha value is -2.95. The van der Waals surface area contributed by atoms with Crippen LogP contribution in [0.2, 0.25) is 0 Å². The van der Waals surface area contributed by atoms with Gasteiger partial charge >= 0.3 is 0 Å². The zero-order valence-corrected chi connectivity index (χ0v) is 14.0. The first-order chi connectivity index (χ1) is 12.2. The topological polar surface area (TPSA) is 46.3 Å². The molecule has 1 aromatic heterocycles. The Balaban J connectivity index is 1.63. The molecule has 1 heterocycles. The van der Waals surface area contributed by atoms with E-state index in [9.17, 15) is 9.18 Å². The number of carbonyl (C=O) groups excluding carboxylic acids is 1. The number of rotatable bonds is 6. The minimum absolute atomic E-state index is 0.0476. The predicted molar refractivity (Wildman–Crippen MR) is 94.7 cm³/mol. The van der Waals surface area contributed by atoms with Crippen molar-refractivity contribution in [2.45, 2.75) is 19.8 Å². The quantitative estimate of drug-likeness (QED) is 0.666. The number of oxazole rings is 1. The number of hydrogen-bond acceptors (Lipinski definition) is 3. The van der Waals surface area contributed by atoms with Gasteiger partial charge in [0.1, 0.15) is 5.82 Å². The van der Waals surface area contributed by atoms with E-state index in [4.69, 9.17) is 4.42 Å². The molecule has 0 N–H and O–H groups in total. The minimum atomic E-state index is -0.319. The van der Waals surface area contributed by atoms with Gasteiger partial charge in [0.05, 0.1) is 6.20 Å². The second kappa shape index (κ2) is 7.75. The normalized spacial score (nSPS) is 10.6. The van der Waals surface area contributed by atoms with Crippen molar-refractivity contribution in [2.75, 3.05) is 11.4 Å². The van der Waals surface area contributed by atoms with Crippen LogP contribution >= 0.6 is 0 Å². The molecule has 25 heavy (non-hydrogen) atoms. The van der Waals surface area contributed by atoms with Crippen LogP contribution in [0.3, 0.4) is 0 Å². The van der Waals surface area contributed by atoms with Gasteiger partial charge in [0.2, 0.25) is 5.91 Å². The molecule has 128 valence electrons. The van der Waals surface area contributed by atoms with E-state index in [-0.39, 0.29) is 18.1 Å². The molecule has 0 fully saturated rings. The Morgan fingerprint density at radius 1 is 1.12 bits per heavy atom. The van der Waals surface area contributed by atoms with E-state index in [1.807, 2.05) is 37.3 Å². The number of hydrogen-bond donors (Lipinski definition) is 0. The van der Waals surface area contributed by atoms with Crippen LogP contribution in [0, 0.1) is 5.82 Å². The SMILES string of the molecule is CCN(C(=O)CCc1ncc(-c2ccccc2)o1)c1ccc(F)cc1. The van der Waals surface area contributed by atoms with E-state index in [2.05, 4.69) is 4.98 Å². The Kier molecular flexibility index (Phi) is 5.23. The van der Waals surface area contributed by atoms with Crippen molar-refractivity contribution < 1.29 is 13.6 Å². The van der Waals surface area contributed by atoms with Gasteiger partial charge in [-0.3, -0.25) is 4.79 Å². The molecule has 0 aliphatic heterocycles. The lowest BCUT2D eigenvalue weighted by Gasteiger charge is -2.20. The average molecular weight is 338 g/mol. The molecular formula is C20H19FN2O2. The Morgan fingerprint density at radius 2 is 1.84 bits per heavy atom. The maximum absolute atomic E-state index is 13.0. The molecule has 0 atom stereocenters.